The van der Waals surface area contributed by atoms with E-state index < -0.39 is 18.0 Å². The van der Waals surface area contributed by atoms with Crippen molar-refractivity contribution < 1.29 is 19.1 Å². The largest absolute Gasteiger partial charge is 0.445 e. The number of nitrogens with zero attached hydrogens (tertiary/aromatic N) is 3. The molecular weight excluding hydrogens is 326 g/mol. The van der Waals surface area contributed by atoms with Gasteiger partial charge < -0.3 is 10.1 Å². The summed E-state index contributed by atoms with van der Waals surface area (Å²) in [5.41, 5.74) is 0.859. The van der Waals surface area contributed by atoms with Crippen LogP contribution in [0.1, 0.15) is 5.56 Å². The van der Waals surface area contributed by atoms with Crippen LogP contribution < -0.4 is 10.6 Å². The lowest BCUT2D eigenvalue weighted by atomic mass is 10.2. The SMILES string of the molecule is CN(C(=O)OCc1ccccc1)C1CN=C(N2CCNC2=O)NC1=O. The number of likely N-dealkylation sites (N-methyl/N-ethyl adjacent to an activating group) is 1. The molecule has 1 unspecified atom stereocenters. The van der Waals surface area contributed by atoms with Crippen LogP contribution in [0.5, 0.6) is 0 Å². The Labute approximate surface area is 144 Å². The summed E-state index contributed by atoms with van der Waals surface area (Å²) in [6.07, 6.45) is -0.610. The molecule has 9 heteroatoms. The van der Waals surface area contributed by atoms with E-state index in [-0.39, 0.29) is 25.1 Å². The Morgan fingerprint density at radius 2 is 2.12 bits per heavy atom. The van der Waals surface area contributed by atoms with Gasteiger partial charge >= 0.3 is 12.1 Å². The zero-order valence-corrected chi connectivity index (χ0v) is 13.8. The first-order chi connectivity index (χ1) is 12.1. The normalized spacial score (nSPS) is 19.8. The Kier molecular flexibility index (Phi) is 4.82. The predicted molar refractivity (Wildman–Crippen MR) is 88.7 cm³/mol. The van der Waals surface area contributed by atoms with Crippen LogP contribution in [0.3, 0.4) is 0 Å². The van der Waals surface area contributed by atoms with Gasteiger partial charge in [-0.1, -0.05) is 30.3 Å². The summed E-state index contributed by atoms with van der Waals surface area (Å²) in [5, 5.41) is 5.21. The fourth-order valence-corrected chi connectivity index (χ4v) is 2.56. The molecule has 1 aromatic carbocycles. The lowest BCUT2D eigenvalue weighted by molar-refractivity contribution is -0.124. The van der Waals surface area contributed by atoms with Crippen molar-refractivity contribution >= 4 is 24.0 Å². The van der Waals surface area contributed by atoms with Gasteiger partial charge in [-0.25, -0.2) is 14.6 Å². The van der Waals surface area contributed by atoms with Gasteiger partial charge in [-0.15, -0.1) is 0 Å². The highest BCUT2D eigenvalue weighted by Crippen LogP contribution is 2.09. The molecule has 132 valence electrons. The monoisotopic (exact) mass is 345 g/mol. The van der Waals surface area contributed by atoms with Crippen LogP contribution in [-0.2, 0) is 16.1 Å². The molecule has 9 nitrogen and oxygen atoms in total. The summed E-state index contributed by atoms with van der Waals surface area (Å²) in [7, 11) is 1.49. The van der Waals surface area contributed by atoms with E-state index in [9.17, 15) is 14.4 Å². The second-order valence-corrected chi connectivity index (χ2v) is 5.70. The summed E-state index contributed by atoms with van der Waals surface area (Å²) in [6.45, 7) is 1.14. The van der Waals surface area contributed by atoms with E-state index in [0.29, 0.717) is 13.1 Å². The number of rotatable bonds is 3. The van der Waals surface area contributed by atoms with Crippen LogP contribution >= 0.6 is 0 Å². The van der Waals surface area contributed by atoms with Crippen molar-refractivity contribution in [1.82, 2.24) is 20.4 Å². The van der Waals surface area contributed by atoms with Crippen molar-refractivity contribution in [2.45, 2.75) is 12.6 Å². The minimum atomic E-state index is -0.780. The summed E-state index contributed by atoms with van der Waals surface area (Å²) in [6, 6.07) is 8.19. The van der Waals surface area contributed by atoms with Crippen LogP contribution in [0.4, 0.5) is 9.59 Å². The number of nitrogens with one attached hydrogen (secondary N) is 2. The fraction of sp³-hybridized carbons (Fsp3) is 0.375. The van der Waals surface area contributed by atoms with E-state index >= 15 is 0 Å². The number of aliphatic imine (C=N–C) groups is 1. The molecular formula is C16H19N5O4. The average molecular weight is 345 g/mol. The van der Waals surface area contributed by atoms with Gasteiger partial charge in [-0.2, -0.15) is 0 Å². The van der Waals surface area contributed by atoms with Crippen molar-refractivity contribution in [3.8, 4) is 0 Å². The third kappa shape index (κ3) is 3.70. The first kappa shape index (κ1) is 16.7. The van der Waals surface area contributed by atoms with Crippen molar-refractivity contribution in [3.05, 3.63) is 35.9 Å². The number of hydrogen-bond acceptors (Lipinski definition) is 5. The Morgan fingerprint density at radius 3 is 2.76 bits per heavy atom. The molecule has 0 radical (unpaired) electrons. The van der Waals surface area contributed by atoms with Crippen LogP contribution in [0, 0.1) is 0 Å². The molecule has 1 atom stereocenters. The molecule has 1 aromatic rings. The van der Waals surface area contributed by atoms with Crippen molar-refractivity contribution in [2.24, 2.45) is 4.99 Å². The van der Waals surface area contributed by atoms with Gasteiger partial charge in [-0.3, -0.25) is 19.9 Å². The van der Waals surface area contributed by atoms with Gasteiger partial charge in [0.15, 0.2) is 0 Å². The maximum Gasteiger partial charge on any atom is 0.410 e. The van der Waals surface area contributed by atoms with Gasteiger partial charge in [0.2, 0.25) is 5.96 Å². The molecule has 2 aliphatic rings. The number of amides is 4. The molecule has 2 N–H and O–H groups in total. The minimum Gasteiger partial charge on any atom is -0.445 e. The maximum atomic E-state index is 12.3. The molecule has 0 aromatic heterocycles. The Morgan fingerprint density at radius 1 is 1.36 bits per heavy atom. The second kappa shape index (κ2) is 7.20. The maximum absolute atomic E-state index is 12.3. The van der Waals surface area contributed by atoms with Gasteiger partial charge in [0.25, 0.3) is 5.91 Å². The van der Waals surface area contributed by atoms with E-state index in [2.05, 4.69) is 15.6 Å². The third-order valence-corrected chi connectivity index (χ3v) is 4.02. The zero-order valence-electron chi connectivity index (χ0n) is 13.8. The molecule has 1 saturated heterocycles. The molecule has 1 fully saturated rings. The predicted octanol–water partition coefficient (Wildman–Crippen LogP) is 0.135. The van der Waals surface area contributed by atoms with Crippen molar-refractivity contribution in [1.29, 1.82) is 0 Å². The second-order valence-electron chi connectivity index (χ2n) is 5.70. The van der Waals surface area contributed by atoms with E-state index in [1.54, 1.807) is 0 Å². The molecule has 2 aliphatic heterocycles. The average Bonchev–Trinajstić information content (AvgIpc) is 3.06. The number of carbonyl (C=O) groups is 3. The van der Waals surface area contributed by atoms with Gasteiger partial charge in [0.1, 0.15) is 12.6 Å². The van der Waals surface area contributed by atoms with E-state index in [1.165, 1.54) is 16.8 Å². The fourth-order valence-electron chi connectivity index (χ4n) is 2.56. The zero-order chi connectivity index (χ0) is 17.8. The van der Waals surface area contributed by atoms with Gasteiger partial charge in [0, 0.05) is 20.1 Å². The summed E-state index contributed by atoms with van der Waals surface area (Å²) in [5.74, 6) is -0.189. The van der Waals surface area contributed by atoms with E-state index in [4.69, 9.17) is 4.74 Å². The van der Waals surface area contributed by atoms with Crippen LogP contribution in [-0.4, -0.2) is 66.5 Å². The standard InChI is InChI=1S/C16H19N5O4/c1-20(16(24)25-10-11-5-3-2-4-6-11)12-9-18-14(19-13(12)22)21-8-7-17-15(21)23/h2-6,12H,7-10H2,1H3,(H,17,23)(H,18,19,22). The third-order valence-electron chi connectivity index (χ3n) is 4.02. The number of ether oxygens (including phenoxy) is 1. The number of carbonyl (C=O) groups excluding carboxylic acids is 3. The quantitative estimate of drug-likeness (QED) is 0.813. The summed E-state index contributed by atoms with van der Waals surface area (Å²) >= 11 is 0. The van der Waals surface area contributed by atoms with Gasteiger partial charge in [-0.05, 0) is 5.56 Å². The van der Waals surface area contributed by atoms with Crippen LogP contribution in [0.2, 0.25) is 0 Å². The number of urea groups is 1. The topological polar surface area (TPSA) is 103 Å². The molecule has 2 heterocycles. The molecule has 0 saturated carbocycles. The Balaban J connectivity index is 1.58. The molecule has 3 rings (SSSR count). The molecule has 4 amide bonds. The smallest absolute Gasteiger partial charge is 0.410 e. The number of benzene rings is 1. The molecule has 0 spiro atoms. The Bertz CT molecular complexity index is 706. The molecule has 0 bridgehead atoms. The lowest BCUT2D eigenvalue weighted by Gasteiger charge is -2.30. The van der Waals surface area contributed by atoms with Gasteiger partial charge in [0.05, 0.1) is 6.54 Å². The minimum absolute atomic E-state index is 0.0713. The number of guanidine groups is 1. The first-order valence-corrected chi connectivity index (χ1v) is 7.90. The van der Waals surface area contributed by atoms with E-state index in [1.807, 2.05) is 30.3 Å². The molecule has 0 aliphatic carbocycles. The molecule has 25 heavy (non-hydrogen) atoms. The highest BCUT2D eigenvalue weighted by molar-refractivity contribution is 6.08. The Hall–Kier alpha value is -3.10. The van der Waals surface area contributed by atoms with Crippen LogP contribution in [0.25, 0.3) is 0 Å². The van der Waals surface area contributed by atoms with E-state index in [0.717, 1.165) is 5.56 Å². The van der Waals surface area contributed by atoms with Crippen molar-refractivity contribution in [3.63, 3.8) is 0 Å². The highest BCUT2D eigenvalue weighted by Gasteiger charge is 2.35. The summed E-state index contributed by atoms with van der Waals surface area (Å²) < 4.78 is 5.22. The van der Waals surface area contributed by atoms with Crippen LogP contribution in [0.15, 0.2) is 35.3 Å². The number of hydrogen-bond donors (Lipinski definition) is 2. The summed E-state index contributed by atoms with van der Waals surface area (Å²) in [4.78, 5) is 42.9. The lowest BCUT2D eigenvalue weighted by Crippen LogP contribution is -2.58. The first-order valence-electron chi connectivity index (χ1n) is 7.90. The highest BCUT2D eigenvalue weighted by atomic mass is 16.6. The van der Waals surface area contributed by atoms with Crippen molar-refractivity contribution in [2.75, 3.05) is 26.7 Å².